The maximum absolute atomic E-state index is 12.2. The third kappa shape index (κ3) is 3.84. The fraction of sp³-hybridized carbons (Fsp3) is 0.438. The predicted molar refractivity (Wildman–Crippen MR) is 80.3 cm³/mol. The zero-order chi connectivity index (χ0) is 14.4. The van der Waals surface area contributed by atoms with Crippen LogP contribution in [0.4, 0.5) is 0 Å². The van der Waals surface area contributed by atoms with Gasteiger partial charge in [-0.3, -0.25) is 4.79 Å². The van der Waals surface area contributed by atoms with E-state index in [2.05, 4.69) is 16.7 Å². The molecule has 108 valence electrons. The van der Waals surface area contributed by atoms with E-state index in [1.807, 2.05) is 25.1 Å². The molecule has 1 heterocycles. The highest BCUT2D eigenvalue weighted by molar-refractivity contribution is 5.97. The summed E-state index contributed by atoms with van der Waals surface area (Å²) in [7, 11) is 1.58. The summed E-state index contributed by atoms with van der Waals surface area (Å²) in [5, 5.41) is 6.25. The largest absolute Gasteiger partial charge is 0.496 e. The van der Waals surface area contributed by atoms with E-state index >= 15 is 0 Å². The Morgan fingerprint density at radius 3 is 3.00 bits per heavy atom. The number of hydrogen-bond donors (Lipinski definition) is 2. The highest BCUT2D eigenvalue weighted by Gasteiger charge is 2.12. The smallest absolute Gasteiger partial charge is 0.255 e. The van der Waals surface area contributed by atoms with Crippen LogP contribution in [0.25, 0.3) is 0 Å². The van der Waals surface area contributed by atoms with Crippen molar-refractivity contribution in [1.82, 2.24) is 10.6 Å². The van der Waals surface area contributed by atoms with Crippen molar-refractivity contribution in [3.63, 3.8) is 0 Å². The van der Waals surface area contributed by atoms with Gasteiger partial charge in [0.1, 0.15) is 5.75 Å². The van der Waals surface area contributed by atoms with Crippen molar-refractivity contribution in [2.75, 3.05) is 26.7 Å². The Balaban J connectivity index is 1.91. The molecule has 0 spiro atoms. The van der Waals surface area contributed by atoms with Gasteiger partial charge in [0.05, 0.1) is 12.7 Å². The first-order chi connectivity index (χ1) is 9.70. The summed E-state index contributed by atoms with van der Waals surface area (Å²) in [6, 6.07) is 5.63. The molecular formula is C16H22N2O2. The minimum atomic E-state index is -0.0694. The monoisotopic (exact) mass is 274 g/mol. The van der Waals surface area contributed by atoms with Crippen LogP contribution < -0.4 is 15.4 Å². The summed E-state index contributed by atoms with van der Waals surface area (Å²) in [5.41, 5.74) is 3.07. The minimum absolute atomic E-state index is 0.0694. The van der Waals surface area contributed by atoms with Gasteiger partial charge in [0.2, 0.25) is 0 Å². The zero-order valence-electron chi connectivity index (χ0n) is 12.2. The molecule has 0 atom stereocenters. The second-order valence-corrected chi connectivity index (χ2v) is 5.03. The van der Waals surface area contributed by atoms with Gasteiger partial charge in [0.25, 0.3) is 5.91 Å². The fourth-order valence-electron chi connectivity index (χ4n) is 2.33. The second-order valence-electron chi connectivity index (χ2n) is 5.03. The molecule has 1 aromatic carbocycles. The van der Waals surface area contributed by atoms with E-state index < -0.39 is 0 Å². The van der Waals surface area contributed by atoms with Crippen LogP contribution in [0.1, 0.15) is 28.8 Å². The Hall–Kier alpha value is -1.81. The van der Waals surface area contributed by atoms with Crippen molar-refractivity contribution in [2.24, 2.45) is 0 Å². The number of nitrogens with one attached hydrogen (secondary N) is 2. The molecule has 1 amide bonds. The Morgan fingerprint density at radius 1 is 1.45 bits per heavy atom. The molecule has 20 heavy (non-hydrogen) atoms. The molecule has 1 aliphatic rings. The lowest BCUT2D eigenvalue weighted by molar-refractivity contribution is 0.0951. The lowest BCUT2D eigenvalue weighted by Gasteiger charge is -2.14. The molecule has 0 saturated heterocycles. The summed E-state index contributed by atoms with van der Waals surface area (Å²) < 4.78 is 5.24. The van der Waals surface area contributed by atoms with Crippen LogP contribution in [0.2, 0.25) is 0 Å². The van der Waals surface area contributed by atoms with Crippen LogP contribution in [-0.2, 0) is 0 Å². The van der Waals surface area contributed by atoms with Crippen LogP contribution in [0.5, 0.6) is 5.75 Å². The summed E-state index contributed by atoms with van der Waals surface area (Å²) in [6.07, 6.45) is 4.20. The van der Waals surface area contributed by atoms with Gasteiger partial charge in [-0.25, -0.2) is 0 Å². The SMILES string of the molecule is COc1ccc(C)cc1C(=O)NCCC1=CCNCC1. The number of rotatable bonds is 5. The Bertz CT molecular complexity index is 509. The molecule has 2 rings (SSSR count). The Morgan fingerprint density at radius 2 is 2.30 bits per heavy atom. The van der Waals surface area contributed by atoms with Crippen LogP contribution in [0.15, 0.2) is 29.8 Å². The van der Waals surface area contributed by atoms with Crippen molar-refractivity contribution in [3.05, 3.63) is 41.0 Å². The zero-order valence-corrected chi connectivity index (χ0v) is 12.2. The number of carbonyl (C=O) groups is 1. The molecule has 1 aromatic rings. The van der Waals surface area contributed by atoms with E-state index in [4.69, 9.17) is 4.74 Å². The topological polar surface area (TPSA) is 50.4 Å². The molecule has 2 N–H and O–H groups in total. The molecule has 1 aliphatic heterocycles. The molecule has 4 heteroatoms. The standard InChI is InChI=1S/C16H22N2O2/c1-12-3-4-15(20-2)14(11-12)16(19)18-10-7-13-5-8-17-9-6-13/h3-5,11,17H,6-10H2,1-2H3,(H,18,19). The van der Waals surface area contributed by atoms with Crippen LogP contribution in [-0.4, -0.2) is 32.7 Å². The third-order valence-electron chi connectivity index (χ3n) is 3.49. The summed E-state index contributed by atoms with van der Waals surface area (Å²) in [6.45, 7) is 4.61. The van der Waals surface area contributed by atoms with Gasteiger partial charge >= 0.3 is 0 Å². The van der Waals surface area contributed by atoms with Gasteiger partial charge in [-0.1, -0.05) is 23.3 Å². The van der Waals surface area contributed by atoms with E-state index in [-0.39, 0.29) is 5.91 Å². The molecule has 4 nitrogen and oxygen atoms in total. The lowest BCUT2D eigenvalue weighted by atomic mass is 10.1. The molecular weight excluding hydrogens is 252 g/mol. The van der Waals surface area contributed by atoms with Gasteiger partial charge in [-0.05, 0) is 38.4 Å². The average molecular weight is 274 g/mol. The molecule has 0 aliphatic carbocycles. The van der Waals surface area contributed by atoms with Crippen LogP contribution in [0, 0.1) is 6.92 Å². The van der Waals surface area contributed by atoms with E-state index in [0.29, 0.717) is 17.9 Å². The number of amides is 1. The first-order valence-corrected chi connectivity index (χ1v) is 7.02. The predicted octanol–water partition coefficient (Wildman–Crippen LogP) is 2.04. The van der Waals surface area contributed by atoms with E-state index in [9.17, 15) is 4.79 Å². The molecule has 0 aromatic heterocycles. The molecule has 0 unspecified atom stereocenters. The first kappa shape index (κ1) is 14.6. The molecule has 0 radical (unpaired) electrons. The first-order valence-electron chi connectivity index (χ1n) is 7.02. The lowest BCUT2D eigenvalue weighted by Crippen LogP contribution is -2.27. The number of carbonyl (C=O) groups excluding carboxylic acids is 1. The Labute approximate surface area is 120 Å². The summed E-state index contributed by atoms with van der Waals surface area (Å²) >= 11 is 0. The highest BCUT2D eigenvalue weighted by atomic mass is 16.5. The fourth-order valence-corrected chi connectivity index (χ4v) is 2.33. The van der Waals surface area contributed by atoms with Crippen molar-refractivity contribution >= 4 is 5.91 Å². The third-order valence-corrected chi connectivity index (χ3v) is 3.49. The number of methoxy groups -OCH3 is 1. The van der Waals surface area contributed by atoms with Crippen molar-refractivity contribution < 1.29 is 9.53 Å². The average Bonchev–Trinajstić information content (AvgIpc) is 2.48. The maximum Gasteiger partial charge on any atom is 0.255 e. The van der Waals surface area contributed by atoms with E-state index in [0.717, 1.165) is 31.5 Å². The van der Waals surface area contributed by atoms with Crippen molar-refractivity contribution in [1.29, 1.82) is 0 Å². The molecule has 0 bridgehead atoms. The van der Waals surface area contributed by atoms with Gasteiger partial charge in [0, 0.05) is 13.1 Å². The number of aryl methyl sites for hydroxylation is 1. The highest BCUT2D eigenvalue weighted by Crippen LogP contribution is 2.19. The normalized spacial score (nSPS) is 14.6. The maximum atomic E-state index is 12.2. The van der Waals surface area contributed by atoms with Crippen LogP contribution >= 0.6 is 0 Å². The number of benzene rings is 1. The summed E-state index contributed by atoms with van der Waals surface area (Å²) in [4.78, 5) is 12.2. The quantitative estimate of drug-likeness (QED) is 0.808. The van der Waals surface area contributed by atoms with Gasteiger partial charge in [-0.2, -0.15) is 0 Å². The Kier molecular flexibility index (Phi) is 5.18. The van der Waals surface area contributed by atoms with Gasteiger partial charge < -0.3 is 15.4 Å². The van der Waals surface area contributed by atoms with Crippen molar-refractivity contribution in [2.45, 2.75) is 19.8 Å². The number of ether oxygens (including phenoxy) is 1. The molecule has 0 fully saturated rings. The summed E-state index contributed by atoms with van der Waals surface area (Å²) in [5.74, 6) is 0.550. The van der Waals surface area contributed by atoms with Crippen molar-refractivity contribution in [3.8, 4) is 5.75 Å². The second kappa shape index (κ2) is 7.10. The number of hydrogen-bond acceptors (Lipinski definition) is 3. The molecule has 0 saturated carbocycles. The van der Waals surface area contributed by atoms with E-state index in [1.165, 1.54) is 5.57 Å². The van der Waals surface area contributed by atoms with Gasteiger partial charge in [-0.15, -0.1) is 0 Å². The van der Waals surface area contributed by atoms with Gasteiger partial charge in [0.15, 0.2) is 0 Å². The van der Waals surface area contributed by atoms with Crippen LogP contribution in [0.3, 0.4) is 0 Å². The minimum Gasteiger partial charge on any atom is -0.496 e. The van der Waals surface area contributed by atoms with E-state index in [1.54, 1.807) is 7.11 Å².